The summed E-state index contributed by atoms with van der Waals surface area (Å²) in [6.07, 6.45) is 5.81. The fourth-order valence-electron chi connectivity index (χ4n) is 2.40. The highest BCUT2D eigenvalue weighted by atomic mass is 32.2. The van der Waals surface area contributed by atoms with Crippen LogP contribution in [0.15, 0.2) is 34.3 Å². The Balaban J connectivity index is 1.76. The van der Waals surface area contributed by atoms with Gasteiger partial charge in [-0.2, -0.15) is 4.98 Å². The van der Waals surface area contributed by atoms with E-state index in [0.29, 0.717) is 24.5 Å². The SMILES string of the molecule is CSc1ncccc1C(=O)N1CC[C@@H](c2ncon2)C1. The van der Waals surface area contributed by atoms with Gasteiger partial charge in [0.2, 0.25) is 6.39 Å². The Morgan fingerprint density at radius 2 is 2.40 bits per heavy atom. The van der Waals surface area contributed by atoms with Crippen molar-refractivity contribution >= 4 is 17.7 Å². The summed E-state index contributed by atoms with van der Waals surface area (Å²) < 4.78 is 4.77. The van der Waals surface area contributed by atoms with Crippen molar-refractivity contribution in [2.75, 3.05) is 19.3 Å². The number of hydrogen-bond acceptors (Lipinski definition) is 6. The van der Waals surface area contributed by atoms with E-state index in [1.807, 2.05) is 17.2 Å². The van der Waals surface area contributed by atoms with E-state index in [2.05, 4.69) is 15.1 Å². The lowest BCUT2D eigenvalue weighted by atomic mass is 10.1. The molecule has 1 atom stereocenters. The molecule has 2 aromatic heterocycles. The maximum Gasteiger partial charge on any atom is 0.256 e. The molecule has 0 spiro atoms. The average molecular weight is 290 g/mol. The number of hydrogen-bond donors (Lipinski definition) is 0. The van der Waals surface area contributed by atoms with Crippen LogP contribution in [0.2, 0.25) is 0 Å². The number of likely N-dealkylation sites (tertiary alicyclic amines) is 1. The Hall–Kier alpha value is -1.89. The first-order valence-corrected chi connectivity index (χ1v) is 7.56. The monoisotopic (exact) mass is 290 g/mol. The second kappa shape index (κ2) is 5.62. The van der Waals surface area contributed by atoms with E-state index in [0.717, 1.165) is 11.4 Å². The van der Waals surface area contributed by atoms with Crippen LogP contribution in [-0.2, 0) is 0 Å². The number of carbonyl (C=O) groups excluding carboxylic acids is 1. The minimum Gasteiger partial charge on any atom is -0.343 e. The molecule has 1 amide bonds. The third-order valence-electron chi connectivity index (χ3n) is 3.41. The summed E-state index contributed by atoms with van der Waals surface area (Å²) in [4.78, 5) is 22.7. The Kier molecular flexibility index (Phi) is 3.68. The molecule has 1 saturated heterocycles. The van der Waals surface area contributed by atoms with Crippen molar-refractivity contribution in [3.8, 4) is 0 Å². The highest BCUT2D eigenvalue weighted by Gasteiger charge is 2.31. The van der Waals surface area contributed by atoms with Crippen molar-refractivity contribution in [2.24, 2.45) is 0 Å². The Labute approximate surface area is 120 Å². The third kappa shape index (κ3) is 2.40. The van der Waals surface area contributed by atoms with Gasteiger partial charge in [0.1, 0.15) is 5.03 Å². The summed E-state index contributed by atoms with van der Waals surface area (Å²) >= 11 is 1.48. The fourth-order valence-corrected chi connectivity index (χ4v) is 2.94. The fraction of sp³-hybridized carbons (Fsp3) is 0.385. The zero-order valence-corrected chi connectivity index (χ0v) is 11.8. The Bertz CT molecular complexity index is 602. The van der Waals surface area contributed by atoms with Crippen LogP contribution in [0.5, 0.6) is 0 Å². The predicted octanol–water partition coefficient (Wildman–Crippen LogP) is 1.82. The third-order valence-corrected chi connectivity index (χ3v) is 4.13. The maximum atomic E-state index is 12.6. The average Bonchev–Trinajstić information content (AvgIpc) is 3.16. The molecule has 3 heterocycles. The van der Waals surface area contributed by atoms with E-state index in [1.165, 1.54) is 18.2 Å². The summed E-state index contributed by atoms with van der Waals surface area (Å²) in [5.41, 5.74) is 0.661. The van der Waals surface area contributed by atoms with Crippen molar-refractivity contribution < 1.29 is 9.32 Å². The van der Waals surface area contributed by atoms with Crippen molar-refractivity contribution in [3.05, 3.63) is 36.1 Å². The first-order chi connectivity index (χ1) is 9.79. The van der Waals surface area contributed by atoms with Gasteiger partial charge in [0.25, 0.3) is 5.91 Å². The van der Waals surface area contributed by atoms with Gasteiger partial charge < -0.3 is 9.42 Å². The normalized spacial score (nSPS) is 18.4. The molecule has 0 unspecified atom stereocenters. The molecule has 0 N–H and O–H groups in total. The molecule has 0 aromatic carbocycles. The number of thioether (sulfide) groups is 1. The van der Waals surface area contributed by atoms with E-state index < -0.39 is 0 Å². The van der Waals surface area contributed by atoms with E-state index in [1.54, 1.807) is 12.3 Å². The lowest BCUT2D eigenvalue weighted by Gasteiger charge is -2.17. The quantitative estimate of drug-likeness (QED) is 0.803. The van der Waals surface area contributed by atoms with Gasteiger partial charge in [0, 0.05) is 25.2 Å². The highest BCUT2D eigenvalue weighted by molar-refractivity contribution is 7.98. The molecule has 0 saturated carbocycles. The number of aromatic nitrogens is 3. The minimum absolute atomic E-state index is 0.0217. The van der Waals surface area contributed by atoms with Gasteiger partial charge in [-0.15, -0.1) is 11.8 Å². The van der Waals surface area contributed by atoms with E-state index in [4.69, 9.17) is 4.52 Å². The van der Waals surface area contributed by atoms with Crippen LogP contribution in [0, 0.1) is 0 Å². The van der Waals surface area contributed by atoms with Gasteiger partial charge in [-0.25, -0.2) is 4.98 Å². The molecule has 0 radical (unpaired) electrons. The molecule has 1 fully saturated rings. The molecule has 20 heavy (non-hydrogen) atoms. The lowest BCUT2D eigenvalue weighted by molar-refractivity contribution is 0.0786. The van der Waals surface area contributed by atoms with E-state index in [9.17, 15) is 4.79 Å². The van der Waals surface area contributed by atoms with Crippen LogP contribution in [0.1, 0.15) is 28.5 Å². The zero-order valence-electron chi connectivity index (χ0n) is 11.0. The van der Waals surface area contributed by atoms with Gasteiger partial charge in [0.15, 0.2) is 5.82 Å². The molecule has 0 bridgehead atoms. The smallest absolute Gasteiger partial charge is 0.256 e. The molecule has 2 aromatic rings. The Morgan fingerprint density at radius 3 is 3.15 bits per heavy atom. The summed E-state index contributed by atoms with van der Waals surface area (Å²) in [6.45, 7) is 1.34. The summed E-state index contributed by atoms with van der Waals surface area (Å²) in [5.74, 6) is 0.858. The van der Waals surface area contributed by atoms with Gasteiger partial charge in [-0.3, -0.25) is 4.79 Å². The maximum absolute atomic E-state index is 12.6. The first kappa shape index (κ1) is 13.1. The number of amides is 1. The second-order valence-corrected chi connectivity index (χ2v) is 5.38. The zero-order chi connectivity index (χ0) is 13.9. The molecule has 0 aliphatic carbocycles. The molecule has 6 nitrogen and oxygen atoms in total. The topological polar surface area (TPSA) is 72.1 Å². The molecule has 7 heteroatoms. The molecule has 1 aliphatic rings. The van der Waals surface area contributed by atoms with Crippen LogP contribution in [0.4, 0.5) is 0 Å². The highest BCUT2D eigenvalue weighted by Crippen LogP contribution is 2.27. The molecule has 1 aliphatic heterocycles. The van der Waals surface area contributed by atoms with Crippen LogP contribution in [0.25, 0.3) is 0 Å². The van der Waals surface area contributed by atoms with Crippen molar-refractivity contribution in [3.63, 3.8) is 0 Å². The minimum atomic E-state index is 0.0217. The number of rotatable bonds is 3. The van der Waals surface area contributed by atoms with Gasteiger partial charge in [-0.1, -0.05) is 5.16 Å². The van der Waals surface area contributed by atoms with Gasteiger partial charge in [-0.05, 0) is 24.8 Å². The van der Waals surface area contributed by atoms with Crippen LogP contribution < -0.4 is 0 Å². The van der Waals surface area contributed by atoms with Crippen LogP contribution in [-0.4, -0.2) is 45.3 Å². The molecular weight excluding hydrogens is 276 g/mol. The summed E-state index contributed by atoms with van der Waals surface area (Å²) in [5, 5.41) is 4.62. The standard InChI is InChI=1S/C13H14N4O2S/c1-20-12-10(3-2-5-14-12)13(18)17-6-4-9(7-17)11-15-8-19-16-11/h2-3,5,8-9H,4,6-7H2,1H3/t9-/m1/s1. The molecule has 3 rings (SSSR count). The van der Waals surface area contributed by atoms with Gasteiger partial charge in [0.05, 0.1) is 5.56 Å². The Morgan fingerprint density at radius 1 is 1.50 bits per heavy atom. The second-order valence-electron chi connectivity index (χ2n) is 4.59. The van der Waals surface area contributed by atoms with E-state index >= 15 is 0 Å². The van der Waals surface area contributed by atoms with Crippen molar-refractivity contribution in [1.29, 1.82) is 0 Å². The van der Waals surface area contributed by atoms with Crippen LogP contribution >= 0.6 is 11.8 Å². The summed E-state index contributed by atoms with van der Waals surface area (Å²) in [6, 6.07) is 3.61. The largest absolute Gasteiger partial charge is 0.343 e. The number of pyridine rings is 1. The lowest BCUT2D eigenvalue weighted by Crippen LogP contribution is -2.29. The molecular formula is C13H14N4O2S. The predicted molar refractivity (Wildman–Crippen MR) is 73.6 cm³/mol. The van der Waals surface area contributed by atoms with E-state index in [-0.39, 0.29) is 11.8 Å². The molecule has 104 valence electrons. The van der Waals surface area contributed by atoms with Gasteiger partial charge >= 0.3 is 0 Å². The van der Waals surface area contributed by atoms with Crippen molar-refractivity contribution in [1.82, 2.24) is 20.0 Å². The van der Waals surface area contributed by atoms with Crippen molar-refractivity contribution in [2.45, 2.75) is 17.4 Å². The number of nitrogens with zero attached hydrogens (tertiary/aromatic N) is 4. The first-order valence-electron chi connectivity index (χ1n) is 6.34. The number of carbonyl (C=O) groups is 1. The van der Waals surface area contributed by atoms with Crippen LogP contribution in [0.3, 0.4) is 0 Å². The summed E-state index contributed by atoms with van der Waals surface area (Å²) in [7, 11) is 0.